The van der Waals surface area contributed by atoms with E-state index in [4.69, 9.17) is 4.74 Å². The van der Waals surface area contributed by atoms with Gasteiger partial charge >= 0.3 is 5.69 Å². The van der Waals surface area contributed by atoms with Crippen LogP contribution in [0.4, 0.5) is 0 Å². The molecule has 8 heteroatoms. The first-order chi connectivity index (χ1) is 10.6. The van der Waals surface area contributed by atoms with Gasteiger partial charge in [-0.15, -0.1) is 11.3 Å². The molecule has 3 heterocycles. The minimum Gasteiger partial charge on any atom is -0.368 e. The van der Waals surface area contributed by atoms with Crippen LogP contribution in [0.1, 0.15) is 16.8 Å². The van der Waals surface area contributed by atoms with E-state index in [1.807, 2.05) is 5.38 Å². The maximum atomic E-state index is 12.0. The molecule has 22 heavy (non-hydrogen) atoms. The second-order valence-corrected chi connectivity index (χ2v) is 6.27. The molecule has 0 unspecified atom stereocenters. The molecule has 0 bridgehead atoms. The van der Waals surface area contributed by atoms with Crippen molar-refractivity contribution < 1.29 is 4.74 Å². The summed E-state index contributed by atoms with van der Waals surface area (Å²) in [6.07, 6.45) is 1.73. The van der Waals surface area contributed by atoms with E-state index in [9.17, 15) is 9.59 Å². The van der Waals surface area contributed by atoms with Crippen LogP contribution < -0.4 is 11.2 Å². The third-order valence-electron chi connectivity index (χ3n) is 3.89. The Morgan fingerprint density at radius 1 is 1.36 bits per heavy atom. The number of hydrogen-bond acceptors (Lipinski definition) is 6. The minimum absolute atomic E-state index is 0.0441. The van der Waals surface area contributed by atoms with Crippen LogP contribution in [0.15, 0.2) is 27.2 Å². The summed E-state index contributed by atoms with van der Waals surface area (Å²) in [5, 5.41) is 2.89. The summed E-state index contributed by atoms with van der Waals surface area (Å²) in [4.78, 5) is 30.3. The number of rotatable bonds is 3. The third kappa shape index (κ3) is 2.90. The molecular weight excluding hydrogens is 304 g/mol. The molecule has 1 atom stereocenters. The van der Waals surface area contributed by atoms with E-state index in [0.29, 0.717) is 25.4 Å². The zero-order chi connectivity index (χ0) is 15.7. The van der Waals surface area contributed by atoms with Gasteiger partial charge in [-0.3, -0.25) is 18.8 Å². The Hall–Kier alpha value is -1.77. The van der Waals surface area contributed by atoms with Crippen LogP contribution >= 0.6 is 11.3 Å². The fourth-order valence-electron chi connectivity index (χ4n) is 2.55. The van der Waals surface area contributed by atoms with Gasteiger partial charge in [0.05, 0.1) is 6.61 Å². The lowest BCUT2D eigenvalue weighted by Crippen LogP contribution is -2.42. The Bertz CT molecular complexity index is 765. The molecule has 0 spiro atoms. The number of thiazole rings is 1. The molecule has 0 amide bonds. The van der Waals surface area contributed by atoms with Gasteiger partial charge in [0.15, 0.2) is 0 Å². The van der Waals surface area contributed by atoms with Gasteiger partial charge in [0, 0.05) is 57.1 Å². The van der Waals surface area contributed by atoms with Crippen LogP contribution in [-0.2, 0) is 25.4 Å². The minimum atomic E-state index is -0.299. The third-order valence-corrected chi connectivity index (χ3v) is 4.76. The standard InChI is InChI=1S/C14H18N4O3S/c1-16-10(7-12(19)17(2)14(16)20)8-18-4-5-21-11(9-18)13-15-3-6-22-13/h3,6-7,11H,4-5,8-9H2,1-2H3/t11-/m0/s1. The summed E-state index contributed by atoms with van der Waals surface area (Å²) < 4.78 is 8.39. The molecule has 0 saturated carbocycles. The van der Waals surface area contributed by atoms with Gasteiger partial charge in [-0.25, -0.2) is 9.78 Å². The fraction of sp³-hybridized carbons (Fsp3) is 0.500. The molecule has 1 saturated heterocycles. The number of aromatic nitrogens is 3. The van der Waals surface area contributed by atoms with Crippen LogP contribution in [0.3, 0.4) is 0 Å². The highest BCUT2D eigenvalue weighted by Crippen LogP contribution is 2.24. The van der Waals surface area contributed by atoms with Crippen molar-refractivity contribution in [1.82, 2.24) is 19.0 Å². The molecule has 1 aliphatic rings. The SMILES string of the molecule is Cn1c(CN2CCO[C@H](c3nccs3)C2)cc(=O)n(C)c1=O. The zero-order valence-corrected chi connectivity index (χ0v) is 13.4. The Morgan fingerprint density at radius 3 is 2.91 bits per heavy atom. The van der Waals surface area contributed by atoms with E-state index in [2.05, 4.69) is 9.88 Å². The molecule has 118 valence electrons. The first-order valence-electron chi connectivity index (χ1n) is 7.05. The average Bonchev–Trinajstić information content (AvgIpc) is 3.05. The van der Waals surface area contributed by atoms with Gasteiger partial charge < -0.3 is 4.74 Å². The lowest BCUT2D eigenvalue weighted by atomic mass is 10.2. The molecule has 2 aromatic rings. The van der Waals surface area contributed by atoms with Crippen molar-refractivity contribution in [2.45, 2.75) is 12.6 Å². The van der Waals surface area contributed by atoms with Crippen molar-refractivity contribution in [1.29, 1.82) is 0 Å². The lowest BCUT2D eigenvalue weighted by Gasteiger charge is -2.32. The summed E-state index contributed by atoms with van der Waals surface area (Å²) >= 11 is 1.58. The van der Waals surface area contributed by atoms with Crippen LogP contribution in [0.5, 0.6) is 0 Å². The summed E-state index contributed by atoms with van der Waals surface area (Å²) in [5.74, 6) is 0. The van der Waals surface area contributed by atoms with Crippen molar-refractivity contribution >= 4 is 11.3 Å². The Balaban J connectivity index is 1.79. The molecule has 0 N–H and O–H groups in total. The maximum absolute atomic E-state index is 12.0. The molecule has 0 aromatic carbocycles. The Kier molecular flexibility index (Phi) is 4.23. The second kappa shape index (κ2) is 6.15. The Labute approximate surface area is 131 Å². The zero-order valence-electron chi connectivity index (χ0n) is 12.6. The fourth-order valence-corrected chi connectivity index (χ4v) is 3.23. The van der Waals surface area contributed by atoms with Gasteiger partial charge in [-0.1, -0.05) is 0 Å². The van der Waals surface area contributed by atoms with E-state index in [1.165, 1.54) is 17.7 Å². The highest BCUT2D eigenvalue weighted by Gasteiger charge is 2.24. The summed E-state index contributed by atoms with van der Waals surface area (Å²) in [6.45, 7) is 2.64. The summed E-state index contributed by atoms with van der Waals surface area (Å²) in [5.41, 5.74) is 0.142. The molecule has 1 aliphatic heterocycles. The van der Waals surface area contributed by atoms with Crippen molar-refractivity contribution in [2.24, 2.45) is 14.1 Å². The van der Waals surface area contributed by atoms with Crippen LogP contribution in [0.25, 0.3) is 0 Å². The van der Waals surface area contributed by atoms with Gasteiger partial charge in [0.25, 0.3) is 5.56 Å². The van der Waals surface area contributed by atoms with E-state index in [1.54, 1.807) is 24.6 Å². The van der Waals surface area contributed by atoms with E-state index in [0.717, 1.165) is 16.1 Å². The molecular formula is C14H18N4O3S. The number of nitrogens with zero attached hydrogens (tertiary/aromatic N) is 4. The molecule has 0 radical (unpaired) electrons. The second-order valence-electron chi connectivity index (χ2n) is 5.34. The predicted octanol–water partition coefficient (Wildman–Crippen LogP) is 0.114. The van der Waals surface area contributed by atoms with E-state index in [-0.39, 0.29) is 17.4 Å². The van der Waals surface area contributed by atoms with Crippen molar-refractivity contribution in [2.75, 3.05) is 19.7 Å². The van der Waals surface area contributed by atoms with E-state index < -0.39 is 0 Å². The van der Waals surface area contributed by atoms with Gasteiger partial charge in [0.2, 0.25) is 0 Å². The van der Waals surface area contributed by atoms with Crippen molar-refractivity contribution in [3.63, 3.8) is 0 Å². The van der Waals surface area contributed by atoms with Crippen molar-refractivity contribution in [3.05, 3.63) is 49.2 Å². The highest BCUT2D eigenvalue weighted by atomic mass is 32.1. The normalized spacial score (nSPS) is 19.5. The van der Waals surface area contributed by atoms with Crippen LogP contribution in [0.2, 0.25) is 0 Å². The first-order valence-corrected chi connectivity index (χ1v) is 7.93. The summed E-state index contributed by atoms with van der Waals surface area (Å²) in [7, 11) is 3.18. The Morgan fingerprint density at radius 2 is 2.18 bits per heavy atom. The van der Waals surface area contributed by atoms with Gasteiger partial charge in [-0.05, 0) is 0 Å². The largest absolute Gasteiger partial charge is 0.368 e. The predicted molar refractivity (Wildman–Crippen MR) is 83.0 cm³/mol. The lowest BCUT2D eigenvalue weighted by molar-refractivity contribution is -0.0337. The quantitative estimate of drug-likeness (QED) is 0.802. The van der Waals surface area contributed by atoms with Gasteiger partial charge in [0.1, 0.15) is 11.1 Å². The number of ether oxygens (including phenoxy) is 1. The monoisotopic (exact) mass is 322 g/mol. The topological polar surface area (TPSA) is 69.4 Å². The summed E-state index contributed by atoms with van der Waals surface area (Å²) in [6, 6.07) is 1.52. The molecule has 0 aliphatic carbocycles. The van der Waals surface area contributed by atoms with Crippen molar-refractivity contribution in [3.8, 4) is 0 Å². The van der Waals surface area contributed by atoms with Crippen LogP contribution in [-0.4, -0.2) is 38.7 Å². The molecule has 1 fully saturated rings. The average molecular weight is 322 g/mol. The molecule has 3 rings (SSSR count). The maximum Gasteiger partial charge on any atom is 0.330 e. The highest BCUT2D eigenvalue weighted by molar-refractivity contribution is 7.09. The van der Waals surface area contributed by atoms with E-state index >= 15 is 0 Å². The molecule has 2 aromatic heterocycles. The van der Waals surface area contributed by atoms with Crippen LogP contribution in [0, 0.1) is 0 Å². The first kappa shape index (κ1) is 15.1. The number of morpholine rings is 1. The van der Waals surface area contributed by atoms with Gasteiger partial charge in [-0.2, -0.15) is 0 Å². The number of hydrogen-bond donors (Lipinski definition) is 0. The molecule has 7 nitrogen and oxygen atoms in total. The smallest absolute Gasteiger partial charge is 0.330 e.